The van der Waals surface area contributed by atoms with Crippen molar-refractivity contribution in [1.82, 2.24) is 0 Å². The molecule has 1 rings (SSSR count). The molecule has 0 aliphatic carbocycles. The van der Waals surface area contributed by atoms with E-state index in [1.807, 2.05) is 0 Å². The summed E-state index contributed by atoms with van der Waals surface area (Å²) < 4.78 is 18.7. The van der Waals surface area contributed by atoms with Crippen LogP contribution in [0, 0.1) is 0 Å². The molecule has 0 aliphatic heterocycles. The Morgan fingerprint density at radius 2 is 1.69 bits per heavy atom. The quantitative estimate of drug-likeness (QED) is 0.428. The molecule has 1 aromatic carbocycles. The second-order valence-electron chi connectivity index (χ2n) is 1.67. The van der Waals surface area contributed by atoms with Gasteiger partial charge in [0.15, 0.2) is 5.30 Å². The van der Waals surface area contributed by atoms with Crippen molar-refractivity contribution in [3.8, 4) is 0 Å². The van der Waals surface area contributed by atoms with E-state index in [1.165, 1.54) is 0 Å². The van der Waals surface area contributed by atoms with Crippen molar-refractivity contribution in [2.24, 2.45) is 0 Å². The third kappa shape index (κ3) is 8.66. The minimum atomic E-state index is -2.40. The Morgan fingerprint density at radius 1 is 1.31 bits per heavy atom. The molecule has 0 saturated carbocycles. The van der Waals surface area contributed by atoms with Crippen molar-refractivity contribution in [2.45, 2.75) is 0 Å². The molecule has 0 aromatic heterocycles. The van der Waals surface area contributed by atoms with Crippen LogP contribution in [0.25, 0.3) is 0 Å². The molecule has 1 unspecified atom stereocenters. The van der Waals surface area contributed by atoms with Crippen molar-refractivity contribution in [2.75, 3.05) is 0 Å². The molecule has 0 saturated heterocycles. The van der Waals surface area contributed by atoms with Crippen LogP contribution < -0.4 is 39.8 Å². The molecule has 13 heavy (non-hydrogen) atoms. The van der Waals surface area contributed by atoms with E-state index in [0.717, 1.165) is 0 Å². The third-order valence-corrected chi connectivity index (χ3v) is 1.69. The Kier molecular flexibility index (Phi) is 12.7. The van der Waals surface area contributed by atoms with Crippen molar-refractivity contribution in [1.29, 1.82) is 0 Å². The SMILES string of the molecule is O=PO.O=[P+]([O-])c1ccccc1.[Na+]. The Labute approximate surface area is 100 Å². The first-order chi connectivity index (χ1) is 5.72. The molecule has 1 atom stereocenters. The van der Waals surface area contributed by atoms with Gasteiger partial charge in [0, 0.05) is 0 Å². The van der Waals surface area contributed by atoms with Crippen molar-refractivity contribution >= 4 is 22.0 Å². The van der Waals surface area contributed by atoms with Crippen LogP contribution in [-0.4, -0.2) is 4.89 Å². The van der Waals surface area contributed by atoms with Crippen molar-refractivity contribution in [3.05, 3.63) is 30.3 Å². The molecular weight excluding hydrogens is 221 g/mol. The summed E-state index contributed by atoms with van der Waals surface area (Å²) in [6.45, 7) is 0. The molecule has 0 heterocycles. The van der Waals surface area contributed by atoms with Gasteiger partial charge in [-0.2, -0.15) is 0 Å². The van der Waals surface area contributed by atoms with Gasteiger partial charge in [-0.25, -0.2) is 4.57 Å². The fraction of sp³-hybridized carbons (Fsp3) is 0. The van der Waals surface area contributed by atoms with Crippen LogP contribution in [0.4, 0.5) is 0 Å². The van der Waals surface area contributed by atoms with Crippen LogP contribution in [0.5, 0.6) is 0 Å². The van der Waals surface area contributed by atoms with E-state index in [-0.39, 0.29) is 29.6 Å². The summed E-state index contributed by atoms with van der Waals surface area (Å²) in [5.41, 5.74) is 0. The minimum Gasteiger partial charge on any atom is -0.591 e. The van der Waals surface area contributed by atoms with Gasteiger partial charge >= 0.3 is 46.3 Å². The molecule has 0 fully saturated rings. The average molecular weight is 227 g/mol. The van der Waals surface area contributed by atoms with Crippen LogP contribution in [0.2, 0.25) is 0 Å². The molecule has 0 aliphatic rings. The van der Waals surface area contributed by atoms with E-state index in [2.05, 4.69) is 0 Å². The molecular formula is C6H6NaO4P2+. The van der Waals surface area contributed by atoms with Crippen LogP contribution in [0.3, 0.4) is 0 Å². The summed E-state index contributed by atoms with van der Waals surface area (Å²) in [5, 5.41) is 0.368. The molecule has 4 nitrogen and oxygen atoms in total. The summed E-state index contributed by atoms with van der Waals surface area (Å²) in [6, 6.07) is 8.29. The van der Waals surface area contributed by atoms with Gasteiger partial charge in [-0.3, -0.25) is 0 Å². The summed E-state index contributed by atoms with van der Waals surface area (Å²) in [4.78, 5) is 17.2. The van der Waals surface area contributed by atoms with Gasteiger partial charge in [-0.1, -0.05) is 22.8 Å². The van der Waals surface area contributed by atoms with E-state index < -0.39 is 16.7 Å². The molecule has 1 aromatic rings. The average Bonchev–Trinajstić information content (AvgIpc) is 2.07. The van der Waals surface area contributed by atoms with Gasteiger partial charge in [0.25, 0.3) is 0 Å². The zero-order chi connectivity index (χ0) is 9.40. The van der Waals surface area contributed by atoms with Gasteiger partial charge in [0.1, 0.15) is 0 Å². The van der Waals surface area contributed by atoms with E-state index in [4.69, 9.17) is 9.46 Å². The fourth-order valence-electron chi connectivity index (χ4n) is 0.550. The van der Waals surface area contributed by atoms with Crippen molar-refractivity contribution in [3.63, 3.8) is 0 Å². The largest absolute Gasteiger partial charge is 1.00 e. The van der Waals surface area contributed by atoms with Crippen LogP contribution in [0.15, 0.2) is 30.3 Å². The van der Waals surface area contributed by atoms with Crippen LogP contribution in [0.1, 0.15) is 0 Å². The minimum absolute atomic E-state index is 0. The van der Waals surface area contributed by atoms with Crippen LogP contribution in [-0.2, 0) is 9.13 Å². The maximum atomic E-state index is 10.2. The maximum absolute atomic E-state index is 10.2. The van der Waals surface area contributed by atoms with Gasteiger partial charge in [-0.15, -0.1) is 0 Å². The second kappa shape index (κ2) is 10.4. The Bertz CT molecular complexity index is 254. The van der Waals surface area contributed by atoms with Gasteiger partial charge in [0.2, 0.25) is 0 Å². The van der Waals surface area contributed by atoms with E-state index >= 15 is 0 Å². The first-order valence-corrected chi connectivity index (χ1v) is 4.82. The van der Waals surface area contributed by atoms with E-state index in [0.29, 0.717) is 5.30 Å². The maximum Gasteiger partial charge on any atom is 1.00 e. The second-order valence-corrected chi connectivity index (χ2v) is 2.87. The topological polar surface area (TPSA) is 77.4 Å². The number of hydrogen-bond acceptors (Lipinski definition) is 3. The first-order valence-electron chi connectivity index (χ1n) is 2.88. The molecule has 1 N–H and O–H groups in total. The monoisotopic (exact) mass is 227 g/mol. The Morgan fingerprint density at radius 3 is 1.92 bits per heavy atom. The molecule has 0 radical (unpaired) electrons. The van der Waals surface area contributed by atoms with Gasteiger partial charge in [0.05, 0.1) is 0 Å². The molecule has 0 amide bonds. The summed E-state index contributed by atoms with van der Waals surface area (Å²) >= 11 is 0. The first kappa shape index (κ1) is 15.8. The normalized spacial score (nSPS) is 9.23. The summed E-state index contributed by atoms with van der Waals surface area (Å²) in [5.74, 6) is 0. The predicted octanol–water partition coefficient (Wildman–Crippen LogP) is -2.40. The zero-order valence-corrected chi connectivity index (χ0v) is 10.7. The molecule has 0 bridgehead atoms. The smallest absolute Gasteiger partial charge is 0.591 e. The van der Waals surface area contributed by atoms with E-state index in [9.17, 15) is 9.46 Å². The third-order valence-electron chi connectivity index (χ3n) is 0.967. The molecule has 64 valence electrons. The van der Waals surface area contributed by atoms with E-state index in [1.54, 1.807) is 30.3 Å². The molecule has 7 heteroatoms. The fourth-order valence-corrected chi connectivity index (χ4v) is 0.965. The number of benzene rings is 1. The number of hydrogen-bond donors (Lipinski definition) is 1. The Balaban J connectivity index is 0. The zero-order valence-electron chi connectivity index (χ0n) is 6.95. The van der Waals surface area contributed by atoms with Crippen LogP contribution >= 0.6 is 16.7 Å². The summed E-state index contributed by atoms with van der Waals surface area (Å²) in [6.07, 6.45) is 0. The van der Waals surface area contributed by atoms with Gasteiger partial charge in [-0.05, 0) is 12.1 Å². The predicted molar refractivity (Wildman–Crippen MR) is 43.5 cm³/mol. The molecule has 0 spiro atoms. The van der Waals surface area contributed by atoms with Gasteiger partial charge < -0.3 is 9.79 Å². The van der Waals surface area contributed by atoms with Crippen molar-refractivity contribution < 1.29 is 48.5 Å². The number of rotatable bonds is 1. The standard InChI is InChI=1S/C6H5O2P.Na.HO2P/c7-9(8)6-4-2-1-3-5-6;;1-3-2/h1-5H;;(H,1,2)/q;+1;. The summed E-state index contributed by atoms with van der Waals surface area (Å²) in [7, 11) is -3.23. The Hall–Kier alpha value is 0.340.